The van der Waals surface area contributed by atoms with E-state index in [0.717, 1.165) is 39.1 Å². The number of aromatic nitrogens is 2. The van der Waals surface area contributed by atoms with Crippen molar-refractivity contribution >= 4 is 6.03 Å². The molecule has 2 amide bonds. The molecule has 2 fully saturated rings. The Morgan fingerprint density at radius 1 is 1.33 bits per heavy atom. The van der Waals surface area contributed by atoms with Crippen molar-refractivity contribution in [2.75, 3.05) is 39.8 Å². The molecule has 8 heteroatoms. The first-order valence-corrected chi connectivity index (χ1v) is 10.2. The lowest BCUT2D eigenvalue weighted by Gasteiger charge is -2.34. The van der Waals surface area contributed by atoms with Gasteiger partial charge in [-0.2, -0.15) is 4.98 Å². The molecule has 0 saturated carbocycles. The molecule has 0 bridgehead atoms. The quantitative estimate of drug-likeness (QED) is 0.780. The first kappa shape index (κ1) is 20.1. The molecule has 0 aliphatic carbocycles. The van der Waals surface area contributed by atoms with E-state index in [1.165, 1.54) is 12.8 Å². The SMILES string of the molecule is CC(C)c1nc(CCN(C)C(=O)NC2CCN(C[C@H]3CCCO3)CC2)no1. The Balaban J connectivity index is 1.34. The van der Waals surface area contributed by atoms with Gasteiger partial charge in [0, 0.05) is 58.2 Å². The van der Waals surface area contributed by atoms with Gasteiger partial charge < -0.3 is 24.4 Å². The topological polar surface area (TPSA) is 83.7 Å². The molecule has 1 N–H and O–H groups in total. The monoisotopic (exact) mass is 379 g/mol. The van der Waals surface area contributed by atoms with Crippen molar-refractivity contribution in [3.63, 3.8) is 0 Å². The number of likely N-dealkylation sites (tertiary alicyclic amines) is 1. The first-order valence-electron chi connectivity index (χ1n) is 10.2. The van der Waals surface area contributed by atoms with Gasteiger partial charge in [-0.05, 0) is 25.7 Å². The van der Waals surface area contributed by atoms with Crippen LogP contribution in [0.5, 0.6) is 0 Å². The molecule has 1 aromatic heterocycles. The molecule has 2 aliphatic heterocycles. The Bertz CT molecular complexity index is 592. The third-order valence-corrected chi connectivity index (χ3v) is 5.40. The van der Waals surface area contributed by atoms with E-state index < -0.39 is 0 Å². The summed E-state index contributed by atoms with van der Waals surface area (Å²) in [6, 6.07) is 0.221. The standard InChI is InChI=1S/C19H33N5O3/c1-14(2)18-21-17(22-27-18)8-9-23(3)19(25)20-15-6-10-24(11-7-15)13-16-5-4-12-26-16/h14-16H,4-13H2,1-3H3,(H,20,25)/t16-/m1/s1. The fourth-order valence-corrected chi connectivity index (χ4v) is 3.59. The highest BCUT2D eigenvalue weighted by atomic mass is 16.5. The molecule has 27 heavy (non-hydrogen) atoms. The van der Waals surface area contributed by atoms with Gasteiger partial charge in [0.25, 0.3) is 0 Å². The summed E-state index contributed by atoms with van der Waals surface area (Å²) in [5.74, 6) is 1.52. The number of rotatable bonds is 7. The fraction of sp³-hybridized carbons (Fsp3) is 0.842. The van der Waals surface area contributed by atoms with E-state index in [2.05, 4.69) is 20.4 Å². The summed E-state index contributed by atoms with van der Waals surface area (Å²) in [7, 11) is 1.81. The van der Waals surface area contributed by atoms with Crippen molar-refractivity contribution in [1.29, 1.82) is 0 Å². The van der Waals surface area contributed by atoms with Crippen LogP contribution in [0.15, 0.2) is 4.52 Å². The second kappa shape index (κ2) is 9.50. The van der Waals surface area contributed by atoms with Gasteiger partial charge in [0.05, 0.1) is 6.10 Å². The summed E-state index contributed by atoms with van der Waals surface area (Å²) in [6.07, 6.45) is 5.36. The number of urea groups is 1. The Morgan fingerprint density at radius 3 is 2.74 bits per heavy atom. The van der Waals surface area contributed by atoms with Crippen LogP contribution in [-0.2, 0) is 11.2 Å². The second-order valence-electron chi connectivity index (χ2n) is 8.03. The molecule has 0 unspecified atom stereocenters. The number of nitrogens with one attached hydrogen (secondary N) is 1. The molecule has 1 aromatic rings. The van der Waals surface area contributed by atoms with Crippen molar-refractivity contribution in [3.05, 3.63) is 11.7 Å². The van der Waals surface area contributed by atoms with Gasteiger partial charge in [0.2, 0.25) is 5.89 Å². The normalized spacial score (nSPS) is 21.7. The molecule has 2 saturated heterocycles. The van der Waals surface area contributed by atoms with Crippen molar-refractivity contribution in [3.8, 4) is 0 Å². The van der Waals surface area contributed by atoms with Crippen LogP contribution >= 0.6 is 0 Å². The number of ether oxygens (including phenoxy) is 1. The van der Waals surface area contributed by atoms with E-state index in [0.29, 0.717) is 30.8 Å². The number of amides is 2. The van der Waals surface area contributed by atoms with Crippen LogP contribution in [0.4, 0.5) is 4.79 Å². The number of carbonyl (C=O) groups excluding carboxylic acids is 1. The van der Waals surface area contributed by atoms with Crippen molar-refractivity contribution < 1.29 is 14.1 Å². The zero-order valence-electron chi connectivity index (χ0n) is 16.8. The molecule has 8 nitrogen and oxygen atoms in total. The number of carbonyl (C=O) groups is 1. The maximum atomic E-state index is 12.4. The summed E-state index contributed by atoms with van der Waals surface area (Å²) in [5, 5.41) is 7.13. The van der Waals surface area contributed by atoms with Crippen LogP contribution in [0.2, 0.25) is 0 Å². The summed E-state index contributed by atoms with van der Waals surface area (Å²) < 4.78 is 10.9. The molecule has 3 heterocycles. The number of nitrogens with zero attached hydrogens (tertiary/aromatic N) is 4. The van der Waals surface area contributed by atoms with Crippen molar-refractivity contribution in [2.24, 2.45) is 0 Å². The highest BCUT2D eigenvalue weighted by Crippen LogP contribution is 2.17. The lowest BCUT2D eigenvalue weighted by Crippen LogP contribution is -2.49. The average Bonchev–Trinajstić information content (AvgIpc) is 3.33. The van der Waals surface area contributed by atoms with E-state index in [-0.39, 0.29) is 18.0 Å². The van der Waals surface area contributed by atoms with E-state index in [1.807, 2.05) is 20.9 Å². The predicted molar refractivity (Wildman–Crippen MR) is 102 cm³/mol. The van der Waals surface area contributed by atoms with E-state index >= 15 is 0 Å². The highest BCUT2D eigenvalue weighted by Gasteiger charge is 2.25. The molecular formula is C19H33N5O3. The fourth-order valence-electron chi connectivity index (χ4n) is 3.59. The van der Waals surface area contributed by atoms with Crippen LogP contribution in [0.1, 0.15) is 57.2 Å². The molecule has 2 aliphatic rings. The van der Waals surface area contributed by atoms with Crippen LogP contribution in [0.3, 0.4) is 0 Å². The Labute approximate surface area is 161 Å². The summed E-state index contributed by atoms with van der Waals surface area (Å²) in [6.45, 7) is 8.59. The smallest absolute Gasteiger partial charge is 0.317 e. The number of likely N-dealkylation sites (N-methyl/N-ethyl adjacent to an activating group) is 1. The average molecular weight is 380 g/mol. The van der Waals surface area contributed by atoms with E-state index in [9.17, 15) is 4.79 Å². The third kappa shape index (κ3) is 5.90. The van der Waals surface area contributed by atoms with Crippen molar-refractivity contribution in [2.45, 2.75) is 64.0 Å². The lowest BCUT2D eigenvalue weighted by molar-refractivity contribution is 0.0629. The first-order chi connectivity index (χ1) is 13.0. The summed E-state index contributed by atoms with van der Waals surface area (Å²) in [4.78, 5) is 20.9. The molecule has 3 rings (SSSR count). The predicted octanol–water partition coefficient (Wildman–Crippen LogP) is 2.02. The van der Waals surface area contributed by atoms with Crippen LogP contribution in [0, 0.1) is 0 Å². The minimum absolute atomic E-state index is 0.0276. The van der Waals surface area contributed by atoms with Gasteiger partial charge in [-0.15, -0.1) is 0 Å². The van der Waals surface area contributed by atoms with E-state index in [4.69, 9.17) is 9.26 Å². The maximum Gasteiger partial charge on any atom is 0.317 e. The largest absolute Gasteiger partial charge is 0.377 e. The van der Waals surface area contributed by atoms with Crippen LogP contribution in [-0.4, -0.2) is 78.0 Å². The molecule has 152 valence electrons. The Hall–Kier alpha value is -1.67. The molecule has 0 aromatic carbocycles. The minimum Gasteiger partial charge on any atom is -0.377 e. The molecule has 0 radical (unpaired) electrons. The zero-order chi connectivity index (χ0) is 19.2. The van der Waals surface area contributed by atoms with Crippen molar-refractivity contribution in [1.82, 2.24) is 25.3 Å². The lowest BCUT2D eigenvalue weighted by atomic mass is 10.0. The summed E-state index contributed by atoms with van der Waals surface area (Å²) >= 11 is 0. The molecule has 1 atom stereocenters. The van der Waals surface area contributed by atoms with Gasteiger partial charge in [0.15, 0.2) is 5.82 Å². The van der Waals surface area contributed by atoms with Gasteiger partial charge in [-0.3, -0.25) is 0 Å². The number of piperidine rings is 1. The van der Waals surface area contributed by atoms with Gasteiger partial charge >= 0.3 is 6.03 Å². The number of hydrogen-bond acceptors (Lipinski definition) is 6. The minimum atomic E-state index is -0.0276. The zero-order valence-corrected chi connectivity index (χ0v) is 16.8. The number of hydrogen-bond donors (Lipinski definition) is 1. The Kier molecular flexibility index (Phi) is 7.07. The second-order valence-corrected chi connectivity index (χ2v) is 8.03. The van der Waals surface area contributed by atoms with E-state index in [1.54, 1.807) is 4.90 Å². The Morgan fingerprint density at radius 2 is 2.11 bits per heavy atom. The van der Waals surface area contributed by atoms with Crippen LogP contribution in [0.25, 0.3) is 0 Å². The summed E-state index contributed by atoms with van der Waals surface area (Å²) in [5.41, 5.74) is 0. The highest BCUT2D eigenvalue weighted by molar-refractivity contribution is 5.74. The molecular weight excluding hydrogens is 346 g/mol. The van der Waals surface area contributed by atoms with Gasteiger partial charge in [-0.25, -0.2) is 4.79 Å². The molecule has 0 spiro atoms. The van der Waals surface area contributed by atoms with Crippen LogP contribution < -0.4 is 5.32 Å². The van der Waals surface area contributed by atoms with Gasteiger partial charge in [0.1, 0.15) is 0 Å². The van der Waals surface area contributed by atoms with Gasteiger partial charge in [-0.1, -0.05) is 19.0 Å². The maximum absolute atomic E-state index is 12.4. The third-order valence-electron chi connectivity index (χ3n) is 5.40.